The van der Waals surface area contributed by atoms with Crippen LogP contribution in [0.25, 0.3) is 10.8 Å². The van der Waals surface area contributed by atoms with Gasteiger partial charge >= 0.3 is 6.03 Å². The van der Waals surface area contributed by atoms with Crippen molar-refractivity contribution >= 4 is 22.7 Å². The van der Waals surface area contributed by atoms with E-state index in [1.54, 1.807) is 19.2 Å². The van der Waals surface area contributed by atoms with Crippen LogP contribution in [-0.2, 0) is 4.79 Å². The molecule has 6 heteroatoms. The highest BCUT2D eigenvalue weighted by Crippen LogP contribution is 2.24. The van der Waals surface area contributed by atoms with Crippen molar-refractivity contribution in [2.75, 3.05) is 13.7 Å². The fourth-order valence-electron chi connectivity index (χ4n) is 1.74. The number of nitrogens with two attached hydrogens (primary N) is 1. The van der Waals surface area contributed by atoms with Crippen molar-refractivity contribution in [1.82, 2.24) is 5.32 Å². The monoisotopic (exact) mass is 274 g/mol. The molecular weight excluding hydrogens is 260 g/mol. The van der Waals surface area contributed by atoms with Gasteiger partial charge in [-0.25, -0.2) is 4.79 Å². The highest BCUT2D eigenvalue weighted by molar-refractivity contribution is 5.94. The topological polar surface area (TPSA) is 90.7 Å². The normalized spacial score (nSPS) is 10.1. The molecule has 0 aliphatic carbocycles. The molecule has 0 radical (unpaired) electrons. The average molecular weight is 274 g/mol. The number of fused-ring (bicyclic) bond motifs is 1. The lowest BCUT2D eigenvalue weighted by molar-refractivity contribution is -0.121. The minimum atomic E-state index is -0.901. The number of methoxy groups -OCH3 is 1. The first-order valence-electron chi connectivity index (χ1n) is 5.88. The van der Waals surface area contributed by atoms with E-state index in [9.17, 15) is 9.59 Å². The second-order valence-electron chi connectivity index (χ2n) is 4.08. The average Bonchev–Trinajstić information content (AvgIpc) is 2.43. The molecule has 0 fully saturated rings. The van der Waals surface area contributed by atoms with E-state index in [0.717, 1.165) is 16.5 Å². The van der Waals surface area contributed by atoms with Crippen molar-refractivity contribution in [2.24, 2.45) is 5.73 Å². The summed E-state index contributed by atoms with van der Waals surface area (Å²) in [7, 11) is 1.59. The minimum Gasteiger partial charge on any atom is -0.497 e. The molecular formula is C14H14N2O4. The number of primary amides is 1. The highest BCUT2D eigenvalue weighted by Gasteiger charge is 2.06. The smallest absolute Gasteiger partial charge is 0.318 e. The fourth-order valence-corrected chi connectivity index (χ4v) is 1.74. The molecule has 2 rings (SSSR count). The zero-order valence-corrected chi connectivity index (χ0v) is 10.9. The number of hydrogen-bond acceptors (Lipinski definition) is 4. The summed E-state index contributed by atoms with van der Waals surface area (Å²) in [5, 5.41) is 3.88. The van der Waals surface area contributed by atoms with Gasteiger partial charge in [-0.3, -0.25) is 10.1 Å². The SMILES string of the molecule is COc1ccc2ccc(OCC(=O)NC(N)=O)cc2c1. The maximum Gasteiger partial charge on any atom is 0.318 e. The van der Waals surface area contributed by atoms with Crippen molar-refractivity contribution < 1.29 is 19.1 Å². The van der Waals surface area contributed by atoms with Gasteiger partial charge in [0, 0.05) is 0 Å². The number of benzene rings is 2. The Morgan fingerprint density at radius 1 is 1.10 bits per heavy atom. The van der Waals surface area contributed by atoms with Gasteiger partial charge < -0.3 is 15.2 Å². The van der Waals surface area contributed by atoms with Crippen molar-refractivity contribution in [3.05, 3.63) is 36.4 Å². The first-order chi connectivity index (χ1) is 9.58. The van der Waals surface area contributed by atoms with E-state index in [2.05, 4.69) is 0 Å². The Kier molecular flexibility index (Phi) is 4.05. The second-order valence-corrected chi connectivity index (χ2v) is 4.08. The van der Waals surface area contributed by atoms with E-state index in [1.807, 2.05) is 29.6 Å². The second kappa shape index (κ2) is 5.92. The van der Waals surface area contributed by atoms with Gasteiger partial charge in [0.2, 0.25) is 0 Å². The Bertz CT molecular complexity index is 655. The number of amides is 3. The number of rotatable bonds is 4. The molecule has 3 N–H and O–H groups in total. The van der Waals surface area contributed by atoms with Gasteiger partial charge in [0.1, 0.15) is 11.5 Å². The molecule has 0 aliphatic heterocycles. The molecule has 0 aromatic heterocycles. The maximum atomic E-state index is 11.2. The molecule has 2 aromatic rings. The third-order valence-corrected chi connectivity index (χ3v) is 2.65. The summed E-state index contributed by atoms with van der Waals surface area (Å²) < 4.78 is 10.4. The Morgan fingerprint density at radius 2 is 1.75 bits per heavy atom. The number of urea groups is 1. The van der Waals surface area contributed by atoms with Crippen molar-refractivity contribution in [2.45, 2.75) is 0 Å². The van der Waals surface area contributed by atoms with Gasteiger partial charge in [-0.05, 0) is 35.0 Å². The van der Waals surface area contributed by atoms with Crippen LogP contribution in [0.1, 0.15) is 0 Å². The molecule has 0 heterocycles. The third-order valence-electron chi connectivity index (χ3n) is 2.65. The standard InChI is InChI=1S/C14H14N2O4/c1-19-11-4-2-9-3-5-12(7-10(9)6-11)20-8-13(17)16-14(15)18/h2-7H,8H2,1H3,(H3,15,16,17,18). The van der Waals surface area contributed by atoms with E-state index in [0.29, 0.717) is 5.75 Å². The van der Waals surface area contributed by atoms with Gasteiger partial charge in [-0.15, -0.1) is 0 Å². The van der Waals surface area contributed by atoms with Crippen molar-refractivity contribution in [3.63, 3.8) is 0 Å². The summed E-state index contributed by atoms with van der Waals surface area (Å²) in [5.74, 6) is 0.662. The zero-order chi connectivity index (χ0) is 14.5. The van der Waals surface area contributed by atoms with Gasteiger partial charge in [0.25, 0.3) is 5.91 Å². The van der Waals surface area contributed by atoms with E-state index in [-0.39, 0.29) is 6.61 Å². The highest BCUT2D eigenvalue weighted by atomic mass is 16.5. The predicted molar refractivity (Wildman–Crippen MR) is 73.7 cm³/mol. The quantitative estimate of drug-likeness (QED) is 0.882. The van der Waals surface area contributed by atoms with Gasteiger partial charge in [-0.2, -0.15) is 0 Å². The minimum absolute atomic E-state index is 0.279. The van der Waals surface area contributed by atoms with Crippen LogP contribution in [0.3, 0.4) is 0 Å². The lowest BCUT2D eigenvalue weighted by Gasteiger charge is -2.07. The number of nitrogens with one attached hydrogen (secondary N) is 1. The third kappa shape index (κ3) is 3.38. The first kappa shape index (κ1) is 13.7. The molecule has 0 bridgehead atoms. The number of carbonyl (C=O) groups excluding carboxylic acids is 2. The maximum absolute atomic E-state index is 11.2. The molecule has 0 atom stereocenters. The molecule has 104 valence electrons. The largest absolute Gasteiger partial charge is 0.497 e. The Morgan fingerprint density at radius 3 is 2.40 bits per heavy atom. The van der Waals surface area contributed by atoms with Gasteiger partial charge in [0.05, 0.1) is 7.11 Å². The Balaban J connectivity index is 2.10. The molecule has 0 aliphatic rings. The molecule has 6 nitrogen and oxygen atoms in total. The van der Waals surface area contributed by atoms with Crippen LogP contribution in [-0.4, -0.2) is 25.7 Å². The van der Waals surface area contributed by atoms with Crippen LogP contribution < -0.4 is 20.5 Å². The van der Waals surface area contributed by atoms with Crippen LogP contribution in [0.4, 0.5) is 4.79 Å². The Labute approximate surface area is 115 Å². The van der Waals surface area contributed by atoms with Crippen LogP contribution in [0.5, 0.6) is 11.5 Å². The Hall–Kier alpha value is -2.76. The van der Waals surface area contributed by atoms with Crippen LogP contribution in [0.15, 0.2) is 36.4 Å². The molecule has 0 saturated heterocycles. The van der Waals surface area contributed by atoms with Crippen molar-refractivity contribution in [1.29, 1.82) is 0 Å². The van der Waals surface area contributed by atoms with Crippen LogP contribution in [0, 0.1) is 0 Å². The van der Waals surface area contributed by atoms with Crippen LogP contribution >= 0.6 is 0 Å². The molecule has 0 spiro atoms. The molecule has 2 aromatic carbocycles. The van der Waals surface area contributed by atoms with Gasteiger partial charge in [-0.1, -0.05) is 12.1 Å². The molecule has 0 saturated carbocycles. The number of carbonyl (C=O) groups is 2. The summed E-state index contributed by atoms with van der Waals surface area (Å²) in [6.45, 7) is -0.279. The zero-order valence-electron chi connectivity index (χ0n) is 10.9. The van der Waals surface area contributed by atoms with Crippen LogP contribution in [0.2, 0.25) is 0 Å². The predicted octanol–water partition coefficient (Wildman–Crippen LogP) is 1.42. The molecule has 3 amide bonds. The summed E-state index contributed by atoms with van der Waals surface area (Å²) >= 11 is 0. The van der Waals surface area contributed by atoms with E-state index in [1.165, 1.54) is 0 Å². The van der Waals surface area contributed by atoms with Crippen molar-refractivity contribution in [3.8, 4) is 11.5 Å². The van der Waals surface area contributed by atoms with E-state index >= 15 is 0 Å². The first-order valence-corrected chi connectivity index (χ1v) is 5.88. The number of ether oxygens (including phenoxy) is 2. The lowest BCUT2D eigenvalue weighted by Crippen LogP contribution is -2.38. The molecule has 20 heavy (non-hydrogen) atoms. The van der Waals surface area contributed by atoms with E-state index in [4.69, 9.17) is 15.2 Å². The summed E-state index contributed by atoms with van der Waals surface area (Å²) in [5.41, 5.74) is 4.83. The fraction of sp³-hybridized carbons (Fsp3) is 0.143. The van der Waals surface area contributed by atoms with E-state index < -0.39 is 11.9 Å². The molecule has 0 unspecified atom stereocenters. The lowest BCUT2D eigenvalue weighted by atomic mass is 10.1. The summed E-state index contributed by atoms with van der Waals surface area (Å²) in [4.78, 5) is 21.7. The summed E-state index contributed by atoms with van der Waals surface area (Å²) in [6, 6.07) is 10.2. The number of hydrogen-bond donors (Lipinski definition) is 2. The van der Waals surface area contributed by atoms with Gasteiger partial charge in [0.15, 0.2) is 6.61 Å². The summed E-state index contributed by atoms with van der Waals surface area (Å²) in [6.07, 6.45) is 0. The number of imide groups is 1.